The molecule has 2 aromatic carbocycles. The molecule has 13 nitrogen and oxygen atoms in total. The highest BCUT2D eigenvalue weighted by atomic mass is 35.5. The number of ether oxygens (including phenoxy) is 2. The Balaban J connectivity index is 1.13. The number of hydrogen-bond donors (Lipinski definition) is 1. The van der Waals surface area contributed by atoms with Crippen LogP contribution in [-0.2, 0) is 27.9 Å². The van der Waals surface area contributed by atoms with Crippen LogP contribution in [0.1, 0.15) is 63.6 Å². The van der Waals surface area contributed by atoms with E-state index in [1.165, 1.54) is 9.21 Å². The molecule has 3 aliphatic heterocycles. The maximum Gasteiger partial charge on any atom is 0.341 e. The monoisotopic (exact) mass is 759 g/mol. The van der Waals surface area contributed by atoms with Crippen molar-refractivity contribution in [3.63, 3.8) is 0 Å². The number of hydrogen-bond acceptors (Lipinski definition) is 10. The Labute approximate surface area is 306 Å². The molecule has 1 saturated carbocycles. The van der Waals surface area contributed by atoms with Gasteiger partial charge < -0.3 is 23.7 Å². The number of rotatable bonds is 9. The van der Waals surface area contributed by atoms with E-state index in [1.54, 1.807) is 14.0 Å². The summed E-state index contributed by atoms with van der Waals surface area (Å²) < 4.78 is 61.6. The van der Waals surface area contributed by atoms with Crippen molar-refractivity contribution in [3.8, 4) is 5.75 Å². The van der Waals surface area contributed by atoms with Gasteiger partial charge in [-0.3, -0.25) is 14.5 Å². The Morgan fingerprint density at radius 2 is 1.87 bits per heavy atom. The predicted molar refractivity (Wildman–Crippen MR) is 193 cm³/mol. The van der Waals surface area contributed by atoms with Crippen molar-refractivity contribution < 1.29 is 36.3 Å². The van der Waals surface area contributed by atoms with Crippen molar-refractivity contribution in [1.29, 1.82) is 0 Å². The zero-order valence-electron chi connectivity index (χ0n) is 29.7. The van der Waals surface area contributed by atoms with Crippen LogP contribution in [0.2, 0.25) is 5.02 Å². The number of anilines is 1. The fourth-order valence-electron chi connectivity index (χ4n) is 7.98. The first-order valence-electron chi connectivity index (χ1n) is 17.6. The Hall–Kier alpha value is -3.76. The lowest BCUT2D eigenvalue weighted by Gasteiger charge is -2.54. The molecular formula is C36H43ClFN5O8S. The summed E-state index contributed by atoms with van der Waals surface area (Å²) in [5, 5.41) is 1.04. The molecule has 0 radical (unpaired) electrons. The molecule has 0 unspecified atom stereocenters. The molecule has 4 aliphatic rings. The zero-order valence-corrected chi connectivity index (χ0v) is 31.3. The Bertz CT molecular complexity index is 2120. The summed E-state index contributed by atoms with van der Waals surface area (Å²) >= 11 is 6.92. The van der Waals surface area contributed by atoms with Gasteiger partial charge in [0.2, 0.25) is 0 Å². The second-order valence-corrected chi connectivity index (χ2v) is 16.5. The van der Waals surface area contributed by atoms with E-state index in [2.05, 4.69) is 16.8 Å². The van der Waals surface area contributed by atoms with Gasteiger partial charge in [0, 0.05) is 63.0 Å². The van der Waals surface area contributed by atoms with Crippen molar-refractivity contribution in [2.24, 2.45) is 5.41 Å². The number of piperazine rings is 1. The van der Waals surface area contributed by atoms with Gasteiger partial charge in [0.05, 0.1) is 47.5 Å². The molecule has 52 heavy (non-hydrogen) atoms. The second-order valence-electron chi connectivity index (χ2n) is 14.4. The van der Waals surface area contributed by atoms with Crippen LogP contribution < -0.4 is 20.0 Å². The average molecular weight is 760 g/mol. The third-order valence-corrected chi connectivity index (χ3v) is 12.8. The van der Waals surface area contributed by atoms with Crippen molar-refractivity contribution >= 4 is 50.3 Å². The van der Waals surface area contributed by atoms with Crippen molar-refractivity contribution in [2.45, 2.75) is 52.1 Å². The van der Waals surface area contributed by atoms with E-state index in [1.807, 2.05) is 17.7 Å². The minimum atomic E-state index is -4.15. The number of nitrogens with zero attached hydrogens (tertiary/aromatic N) is 4. The largest absolute Gasteiger partial charge is 0.493 e. The van der Waals surface area contributed by atoms with E-state index in [4.69, 9.17) is 25.5 Å². The van der Waals surface area contributed by atoms with E-state index in [0.717, 1.165) is 55.7 Å². The maximum atomic E-state index is 15.7. The van der Waals surface area contributed by atoms with Crippen LogP contribution in [0.5, 0.6) is 5.75 Å². The van der Waals surface area contributed by atoms with Crippen LogP contribution in [0.3, 0.4) is 0 Å². The first-order valence-corrected chi connectivity index (χ1v) is 19.4. The lowest BCUT2D eigenvalue weighted by atomic mass is 9.65. The summed E-state index contributed by atoms with van der Waals surface area (Å²) in [6.07, 6.45) is 3.23. The molecule has 3 fully saturated rings. The second kappa shape index (κ2) is 13.9. The van der Waals surface area contributed by atoms with Crippen LogP contribution >= 0.6 is 11.6 Å². The highest BCUT2D eigenvalue weighted by molar-refractivity contribution is 7.87. The van der Waals surface area contributed by atoms with Gasteiger partial charge in [-0.2, -0.15) is 12.7 Å². The summed E-state index contributed by atoms with van der Waals surface area (Å²) in [6.45, 7) is 7.16. The molecular weight excluding hydrogens is 717 g/mol. The Kier molecular flexibility index (Phi) is 9.78. The van der Waals surface area contributed by atoms with Crippen molar-refractivity contribution in [1.82, 2.24) is 18.8 Å². The van der Waals surface area contributed by atoms with E-state index < -0.39 is 33.5 Å². The highest BCUT2D eigenvalue weighted by Crippen LogP contribution is 2.49. The molecule has 3 aromatic rings. The lowest BCUT2D eigenvalue weighted by Crippen LogP contribution is -2.63. The van der Waals surface area contributed by atoms with E-state index in [0.29, 0.717) is 47.8 Å². The molecule has 7 rings (SSSR count). The number of nitrogens with one attached hydrogen (secondary N) is 1. The predicted octanol–water partition coefficient (Wildman–Crippen LogP) is 3.72. The highest BCUT2D eigenvalue weighted by Gasteiger charge is 2.51. The molecule has 2 amide bonds. The normalized spacial score (nSPS) is 20.4. The van der Waals surface area contributed by atoms with Gasteiger partial charge in [-0.1, -0.05) is 18.0 Å². The van der Waals surface area contributed by atoms with Gasteiger partial charge in [-0.15, -0.1) is 0 Å². The van der Waals surface area contributed by atoms with Crippen LogP contribution in [-0.4, -0.2) is 107 Å². The summed E-state index contributed by atoms with van der Waals surface area (Å²) in [5.41, 5.74) is 1.64. The molecule has 280 valence electrons. The third kappa shape index (κ3) is 6.44. The van der Waals surface area contributed by atoms with Gasteiger partial charge in [-0.25, -0.2) is 13.9 Å². The van der Waals surface area contributed by atoms with Crippen molar-refractivity contribution in [2.75, 3.05) is 71.5 Å². The number of fused-ring (bicyclic) bond motifs is 3. The molecule has 4 heterocycles. The van der Waals surface area contributed by atoms with E-state index in [9.17, 15) is 22.8 Å². The first-order chi connectivity index (χ1) is 24.8. The average Bonchev–Trinajstić information content (AvgIpc) is 3.06. The van der Waals surface area contributed by atoms with E-state index >= 15 is 4.39 Å². The standard InChI is InChI=1S/C36H43ClFN5O8S/c1-5-50-30-14-24(28(38)13-25(30)33(44)39-52(47,48)43-19-36(20-43)8-6-9-36)34(45)42-10-7-23-26(17-42)35(46)51-32-21(2)29(15-27(37)31(23)32)41-12-11-40(3)22(16-41)18-49-4/h13-15,22H,5-12,16-20H2,1-4H3,(H,39,44)/t22-/m1/s1. The SMILES string of the molecule is CCOc1cc(C(=O)N2CCc3c(c(=O)oc4c(C)c(N5CCN(C)[C@@H](COC)C5)cc(Cl)c34)C2)c(F)cc1C(=O)NS(=O)(=O)N1CC2(CCC2)C1. The maximum absolute atomic E-state index is 15.7. The minimum Gasteiger partial charge on any atom is -0.493 e. The molecule has 1 N–H and O–H groups in total. The number of likely N-dealkylation sites (N-methyl/N-ethyl adjacent to an activating group) is 1. The summed E-state index contributed by atoms with van der Waals surface area (Å²) in [7, 11) is -0.410. The van der Waals surface area contributed by atoms with Crippen LogP contribution in [0, 0.1) is 18.2 Å². The van der Waals surface area contributed by atoms with Gasteiger partial charge in [-0.05, 0) is 69.3 Å². The summed E-state index contributed by atoms with van der Waals surface area (Å²) in [5.74, 6) is -2.97. The van der Waals surface area contributed by atoms with Crippen LogP contribution in [0.4, 0.5) is 10.1 Å². The molecule has 0 bridgehead atoms. The Morgan fingerprint density at radius 1 is 1.12 bits per heavy atom. The fraction of sp³-hybridized carbons (Fsp3) is 0.528. The first kappa shape index (κ1) is 36.6. The molecule has 1 spiro atoms. The van der Waals surface area contributed by atoms with Crippen LogP contribution in [0.15, 0.2) is 27.4 Å². The molecule has 1 aliphatic carbocycles. The smallest absolute Gasteiger partial charge is 0.341 e. The minimum absolute atomic E-state index is 0.000544. The summed E-state index contributed by atoms with van der Waals surface area (Å²) in [6, 6.07) is 3.99. The number of carbonyl (C=O) groups is 2. The number of benzene rings is 2. The molecule has 2 saturated heterocycles. The molecule has 16 heteroatoms. The van der Waals surface area contributed by atoms with Gasteiger partial charge in [0.15, 0.2) is 0 Å². The van der Waals surface area contributed by atoms with Gasteiger partial charge in [0.1, 0.15) is 17.1 Å². The quantitative estimate of drug-likeness (QED) is 0.321. The fourth-order valence-corrected chi connectivity index (χ4v) is 9.65. The zero-order chi connectivity index (χ0) is 37.1. The number of halogens is 2. The van der Waals surface area contributed by atoms with Gasteiger partial charge in [0.25, 0.3) is 11.8 Å². The Morgan fingerprint density at radius 3 is 2.54 bits per heavy atom. The third-order valence-electron chi connectivity index (χ3n) is 11.1. The van der Waals surface area contributed by atoms with Crippen molar-refractivity contribution in [3.05, 3.63) is 67.3 Å². The molecule has 1 aromatic heterocycles. The molecule has 1 atom stereocenters. The number of methoxy groups -OCH3 is 1. The van der Waals surface area contributed by atoms with E-state index in [-0.39, 0.29) is 60.0 Å². The topological polar surface area (TPSA) is 142 Å². The lowest BCUT2D eigenvalue weighted by molar-refractivity contribution is -0.00859. The summed E-state index contributed by atoms with van der Waals surface area (Å²) in [4.78, 5) is 46.3. The van der Waals surface area contributed by atoms with Gasteiger partial charge >= 0.3 is 15.8 Å². The number of carbonyl (C=O) groups excluding carboxylic acids is 2. The number of aryl methyl sites for hydroxylation is 1. The van der Waals surface area contributed by atoms with Crippen LogP contribution in [0.25, 0.3) is 11.0 Å². The number of amides is 2.